The second kappa shape index (κ2) is 9.21. The standard InChI is InChI=1S/C22H22N2O6/c1-14-4-3-5-18(10-14)24-12-16(11-20(24)26)22(28)30-13-19(25)23-17-8-6-15(7-9-17)21(27)29-2/h3-10,16H,11-13H2,1-2H3,(H,23,25)/t16-/m1/s1. The lowest BCUT2D eigenvalue weighted by Gasteiger charge is -2.17. The van der Waals surface area contributed by atoms with Gasteiger partial charge in [-0.2, -0.15) is 0 Å². The van der Waals surface area contributed by atoms with Gasteiger partial charge in [0.05, 0.1) is 18.6 Å². The van der Waals surface area contributed by atoms with Crippen LogP contribution in [0.2, 0.25) is 0 Å². The summed E-state index contributed by atoms with van der Waals surface area (Å²) in [6.45, 7) is 1.68. The van der Waals surface area contributed by atoms with Gasteiger partial charge in [0, 0.05) is 24.3 Å². The topological polar surface area (TPSA) is 102 Å². The minimum absolute atomic E-state index is 0.0450. The van der Waals surface area contributed by atoms with E-state index in [1.807, 2.05) is 31.2 Å². The van der Waals surface area contributed by atoms with E-state index in [1.165, 1.54) is 19.2 Å². The quantitative estimate of drug-likeness (QED) is 0.734. The van der Waals surface area contributed by atoms with Gasteiger partial charge in [-0.25, -0.2) is 4.79 Å². The number of carbonyl (C=O) groups is 4. The Balaban J connectivity index is 1.50. The molecule has 2 amide bonds. The van der Waals surface area contributed by atoms with Crippen molar-refractivity contribution < 1.29 is 28.7 Å². The Kier molecular flexibility index (Phi) is 6.46. The fraction of sp³-hybridized carbons (Fsp3) is 0.273. The summed E-state index contributed by atoms with van der Waals surface area (Å²) in [6.07, 6.45) is 0.0450. The molecular weight excluding hydrogens is 388 g/mol. The second-order valence-corrected chi connectivity index (χ2v) is 6.97. The number of aryl methyl sites for hydroxylation is 1. The molecule has 1 aliphatic heterocycles. The number of methoxy groups -OCH3 is 1. The zero-order valence-corrected chi connectivity index (χ0v) is 16.7. The molecule has 1 atom stereocenters. The van der Waals surface area contributed by atoms with Crippen LogP contribution in [-0.2, 0) is 23.9 Å². The van der Waals surface area contributed by atoms with E-state index in [9.17, 15) is 19.2 Å². The van der Waals surface area contributed by atoms with Gasteiger partial charge in [0.25, 0.3) is 5.91 Å². The van der Waals surface area contributed by atoms with Crippen LogP contribution in [0.25, 0.3) is 0 Å². The van der Waals surface area contributed by atoms with Gasteiger partial charge in [-0.15, -0.1) is 0 Å². The molecule has 0 saturated carbocycles. The molecule has 8 nitrogen and oxygen atoms in total. The van der Waals surface area contributed by atoms with Gasteiger partial charge in [0.1, 0.15) is 0 Å². The first-order chi connectivity index (χ1) is 14.4. The molecule has 0 bridgehead atoms. The molecule has 0 aliphatic carbocycles. The lowest BCUT2D eigenvalue weighted by Crippen LogP contribution is -2.28. The van der Waals surface area contributed by atoms with Crippen molar-refractivity contribution >= 4 is 35.1 Å². The predicted molar refractivity (Wildman–Crippen MR) is 109 cm³/mol. The van der Waals surface area contributed by atoms with Crippen molar-refractivity contribution in [1.29, 1.82) is 0 Å². The summed E-state index contributed by atoms with van der Waals surface area (Å²) in [4.78, 5) is 49.6. The maximum atomic E-state index is 12.3. The van der Waals surface area contributed by atoms with E-state index in [-0.39, 0.29) is 18.9 Å². The van der Waals surface area contributed by atoms with Crippen LogP contribution in [0.3, 0.4) is 0 Å². The van der Waals surface area contributed by atoms with Crippen molar-refractivity contribution in [3.05, 3.63) is 59.7 Å². The number of rotatable bonds is 6. The van der Waals surface area contributed by atoms with Gasteiger partial charge in [0.15, 0.2) is 6.61 Å². The highest BCUT2D eigenvalue weighted by atomic mass is 16.5. The number of anilines is 2. The first-order valence-corrected chi connectivity index (χ1v) is 9.39. The Morgan fingerprint density at radius 3 is 2.53 bits per heavy atom. The molecule has 3 rings (SSSR count). The summed E-state index contributed by atoms with van der Waals surface area (Å²) in [7, 11) is 1.28. The van der Waals surface area contributed by atoms with Crippen molar-refractivity contribution in [3.63, 3.8) is 0 Å². The maximum absolute atomic E-state index is 12.3. The number of hydrogen-bond donors (Lipinski definition) is 1. The average Bonchev–Trinajstić information content (AvgIpc) is 3.13. The highest BCUT2D eigenvalue weighted by Crippen LogP contribution is 2.26. The largest absolute Gasteiger partial charge is 0.465 e. The van der Waals surface area contributed by atoms with Crippen LogP contribution in [0.1, 0.15) is 22.3 Å². The van der Waals surface area contributed by atoms with Crippen LogP contribution in [0, 0.1) is 12.8 Å². The fourth-order valence-corrected chi connectivity index (χ4v) is 3.17. The molecule has 30 heavy (non-hydrogen) atoms. The monoisotopic (exact) mass is 410 g/mol. The summed E-state index contributed by atoms with van der Waals surface area (Å²) in [5.41, 5.74) is 2.56. The number of benzene rings is 2. The smallest absolute Gasteiger partial charge is 0.337 e. The van der Waals surface area contributed by atoms with Crippen LogP contribution in [-0.4, -0.2) is 44.0 Å². The molecule has 1 saturated heterocycles. The van der Waals surface area contributed by atoms with E-state index < -0.39 is 30.4 Å². The van der Waals surface area contributed by atoms with Crippen LogP contribution in [0.5, 0.6) is 0 Å². The summed E-state index contributed by atoms with van der Waals surface area (Å²) >= 11 is 0. The van der Waals surface area contributed by atoms with Crippen LogP contribution in [0.4, 0.5) is 11.4 Å². The van der Waals surface area contributed by atoms with Gasteiger partial charge in [0.2, 0.25) is 5.91 Å². The number of nitrogens with one attached hydrogen (secondary N) is 1. The summed E-state index contributed by atoms with van der Waals surface area (Å²) in [6, 6.07) is 13.6. The number of carbonyl (C=O) groups excluding carboxylic acids is 4. The number of ether oxygens (including phenoxy) is 2. The van der Waals surface area contributed by atoms with E-state index >= 15 is 0 Å². The zero-order valence-electron chi connectivity index (χ0n) is 16.7. The molecule has 2 aromatic rings. The summed E-state index contributed by atoms with van der Waals surface area (Å²) in [5, 5.41) is 2.58. The normalized spacial score (nSPS) is 15.6. The third-order valence-electron chi connectivity index (χ3n) is 4.71. The first-order valence-electron chi connectivity index (χ1n) is 9.39. The van der Waals surface area contributed by atoms with Crippen molar-refractivity contribution in [2.45, 2.75) is 13.3 Å². The predicted octanol–water partition coefficient (Wildman–Crippen LogP) is 2.32. The molecule has 1 heterocycles. The Labute approximate surface area is 173 Å². The molecular formula is C22H22N2O6. The number of hydrogen-bond acceptors (Lipinski definition) is 6. The van der Waals surface area contributed by atoms with Gasteiger partial charge in [-0.1, -0.05) is 12.1 Å². The van der Waals surface area contributed by atoms with Crippen LogP contribution in [0.15, 0.2) is 48.5 Å². The molecule has 0 spiro atoms. The van der Waals surface area contributed by atoms with Crippen molar-refractivity contribution in [1.82, 2.24) is 0 Å². The summed E-state index contributed by atoms with van der Waals surface area (Å²) < 4.78 is 9.70. The van der Waals surface area contributed by atoms with E-state index in [2.05, 4.69) is 10.1 Å². The fourth-order valence-electron chi connectivity index (χ4n) is 3.17. The number of amides is 2. The molecule has 156 valence electrons. The minimum Gasteiger partial charge on any atom is -0.465 e. The highest BCUT2D eigenvalue weighted by molar-refractivity contribution is 6.00. The van der Waals surface area contributed by atoms with E-state index in [0.29, 0.717) is 11.3 Å². The highest BCUT2D eigenvalue weighted by Gasteiger charge is 2.36. The molecule has 1 aliphatic rings. The Hall–Kier alpha value is -3.68. The van der Waals surface area contributed by atoms with E-state index in [4.69, 9.17) is 4.74 Å². The molecule has 1 fully saturated rings. The Morgan fingerprint density at radius 1 is 1.13 bits per heavy atom. The lowest BCUT2D eigenvalue weighted by atomic mass is 10.1. The molecule has 0 aromatic heterocycles. The Bertz CT molecular complexity index is 970. The van der Waals surface area contributed by atoms with Crippen LogP contribution >= 0.6 is 0 Å². The Morgan fingerprint density at radius 2 is 1.87 bits per heavy atom. The zero-order chi connectivity index (χ0) is 21.7. The van der Waals surface area contributed by atoms with E-state index in [0.717, 1.165) is 11.3 Å². The summed E-state index contributed by atoms with van der Waals surface area (Å²) in [5.74, 6) is -2.36. The van der Waals surface area contributed by atoms with Crippen molar-refractivity contribution in [3.8, 4) is 0 Å². The molecule has 0 unspecified atom stereocenters. The second-order valence-electron chi connectivity index (χ2n) is 6.97. The van der Waals surface area contributed by atoms with Crippen LogP contribution < -0.4 is 10.2 Å². The molecule has 2 aromatic carbocycles. The van der Waals surface area contributed by atoms with Crippen molar-refractivity contribution in [2.24, 2.45) is 5.92 Å². The maximum Gasteiger partial charge on any atom is 0.337 e. The third kappa shape index (κ3) is 5.02. The van der Waals surface area contributed by atoms with E-state index in [1.54, 1.807) is 17.0 Å². The number of nitrogens with zero attached hydrogens (tertiary/aromatic N) is 1. The SMILES string of the molecule is COC(=O)c1ccc(NC(=O)COC(=O)[C@@H]2CC(=O)N(c3cccc(C)c3)C2)cc1. The molecule has 8 heteroatoms. The minimum atomic E-state index is -0.620. The molecule has 0 radical (unpaired) electrons. The van der Waals surface area contributed by atoms with Gasteiger partial charge in [-0.3, -0.25) is 14.4 Å². The lowest BCUT2D eigenvalue weighted by molar-refractivity contribution is -0.151. The van der Waals surface area contributed by atoms with Gasteiger partial charge >= 0.3 is 11.9 Å². The molecule has 1 N–H and O–H groups in total. The third-order valence-corrected chi connectivity index (χ3v) is 4.71. The van der Waals surface area contributed by atoms with Crippen molar-refractivity contribution in [2.75, 3.05) is 30.5 Å². The first kappa shape index (κ1) is 21.0. The number of esters is 2. The average molecular weight is 410 g/mol. The van der Waals surface area contributed by atoms with Gasteiger partial charge in [-0.05, 0) is 48.9 Å². The van der Waals surface area contributed by atoms with Gasteiger partial charge < -0.3 is 19.7 Å².